The third kappa shape index (κ3) is 4.39. The molecule has 0 radical (unpaired) electrons. The number of aliphatic carboxylic acids is 1. The van der Waals surface area contributed by atoms with Crippen molar-refractivity contribution in [2.24, 2.45) is 5.41 Å². The number of carbonyl (C=O) groups excluding carboxylic acids is 1. The Labute approximate surface area is 146 Å². The minimum atomic E-state index is -0.994. The van der Waals surface area contributed by atoms with Crippen LogP contribution in [0.3, 0.4) is 0 Å². The van der Waals surface area contributed by atoms with Crippen molar-refractivity contribution in [2.45, 2.75) is 32.8 Å². The fourth-order valence-electron chi connectivity index (χ4n) is 2.61. The molecule has 0 spiro atoms. The smallest absolute Gasteiger partial charge is 0.311 e. The topological polar surface area (TPSA) is 84.9 Å². The van der Waals surface area contributed by atoms with E-state index in [1.165, 1.54) is 6.07 Å². The highest BCUT2D eigenvalue weighted by Gasteiger charge is 2.40. The highest BCUT2D eigenvalue weighted by atomic mass is 35.5. The van der Waals surface area contributed by atoms with Crippen LogP contribution in [0.5, 0.6) is 5.75 Å². The van der Waals surface area contributed by atoms with Crippen LogP contribution >= 0.6 is 11.6 Å². The zero-order valence-electron chi connectivity index (χ0n) is 13.8. The molecule has 2 rings (SSSR count). The Bertz CT molecular complexity index is 611. The lowest BCUT2D eigenvalue weighted by molar-refractivity contribution is -0.154. The third-order valence-electron chi connectivity index (χ3n) is 4.04. The summed E-state index contributed by atoms with van der Waals surface area (Å²) in [7, 11) is 0. The van der Waals surface area contributed by atoms with Crippen LogP contribution in [0.15, 0.2) is 18.2 Å². The Kier molecular flexibility index (Phi) is 6.07. The largest absolute Gasteiger partial charge is 0.490 e. The van der Waals surface area contributed by atoms with Crippen molar-refractivity contribution >= 4 is 23.5 Å². The van der Waals surface area contributed by atoms with Crippen LogP contribution in [0.2, 0.25) is 5.02 Å². The fraction of sp³-hybridized carbons (Fsp3) is 0.529. The lowest BCUT2D eigenvalue weighted by atomic mass is 9.80. The zero-order chi connectivity index (χ0) is 17.7. The summed E-state index contributed by atoms with van der Waals surface area (Å²) in [6.45, 7) is 4.51. The van der Waals surface area contributed by atoms with E-state index in [1.807, 2.05) is 13.8 Å². The van der Waals surface area contributed by atoms with Gasteiger partial charge in [-0.25, -0.2) is 0 Å². The first-order valence-electron chi connectivity index (χ1n) is 7.89. The summed E-state index contributed by atoms with van der Waals surface area (Å²) < 4.78 is 10.9. The molecular formula is C17H22ClNO5. The van der Waals surface area contributed by atoms with E-state index in [9.17, 15) is 14.7 Å². The maximum atomic E-state index is 12.5. The molecule has 1 amide bonds. The van der Waals surface area contributed by atoms with Gasteiger partial charge in [0.1, 0.15) is 5.75 Å². The average Bonchev–Trinajstić information content (AvgIpc) is 2.54. The van der Waals surface area contributed by atoms with Gasteiger partial charge in [-0.3, -0.25) is 9.59 Å². The number of hydrogen-bond acceptors (Lipinski definition) is 4. The van der Waals surface area contributed by atoms with E-state index in [-0.39, 0.29) is 12.6 Å². The minimum absolute atomic E-state index is 0.0398. The predicted octanol–water partition coefficient (Wildman–Crippen LogP) is 2.74. The number of halogens is 1. The number of rotatable bonds is 6. The van der Waals surface area contributed by atoms with E-state index < -0.39 is 17.3 Å². The highest BCUT2D eigenvalue weighted by molar-refractivity contribution is 6.31. The molecule has 6 nitrogen and oxygen atoms in total. The molecule has 1 aromatic carbocycles. The lowest BCUT2D eigenvalue weighted by Gasteiger charge is -2.33. The average molecular weight is 356 g/mol. The quantitative estimate of drug-likeness (QED) is 0.819. The number of carboxylic acids is 1. The second kappa shape index (κ2) is 7.85. The number of hydrogen-bond donors (Lipinski definition) is 2. The van der Waals surface area contributed by atoms with Gasteiger partial charge in [0.05, 0.1) is 17.1 Å². The van der Waals surface area contributed by atoms with Gasteiger partial charge in [0, 0.05) is 24.8 Å². The lowest BCUT2D eigenvalue weighted by Crippen LogP contribution is -2.46. The summed E-state index contributed by atoms with van der Waals surface area (Å²) in [5, 5.41) is 12.7. The van der Waals surface area contributed by atoms with Crippen LogP contribution in [0.4, 0.5) is 0 Å². The molecule has 0 bridgehead atoms. The molecule has 132 valence electrons. The van der Waals surface area contributed by atoms with Crippen LogP contribution in [-0.2, 0) is 9.53 Å². The van der Waals surface area contributed by atoms with E-state index in [2.05, 4.69) is 5.32 Å². The SMILES string of the molecule is CC(C)Oc1ccc(Cl)cc1C(=O)NCC1(C(=O)O)CCOCC1. The van der Waals surface area contributed by atoms with Crippen molar-refractivity contribution in [3.05, 3.63) is 28.8 Å². The molecule has 24 heavy (non-hydrogen) atoms. The van der Waals surface area contributed by atoms with Gasteiger partial charge in [0.2, 0.25) is 0 Å². The second-order valence-electron chi connectivity index (χ2n) is 6.19. The van der Waals surface area contributed by atoms with Gasteiger partial charge < -0.3 is 19.9 Å². The summed E-state index contributed by atoms with van der Waals surface area (Å²) in [5.74, 6) is -0.903. The van der Waals surface area contributed by atoms with E-state index in [4.69, 9.17) is 21.1 Å². The fourth-order valence-corrected chi connectivity index (χ4v) is 2.78. The van der Waals surface area contributed by atoms with Gasteiger partial charge in [-0.05, 0) is 44.9 Å². The molecular weight excluding hydrogens is 334 g/mol. The Hall–Kier alpha value is -1.79. The molecule has 2 N–H and O–H groups in total. The van der Waals surface area contributed by atoms with Gasteiger partial charge in [0.15, 0.2) is 0 Å². The van der Waals surface area contributed by atoms with Crippen LogP contribution < -0.4 is 10.1 Å². The molecule has 1 aromatic rings. The Morgan fingerprint density at radius 1 is 1.38 bits per heavy atom. The summed E-state index contributed by atoms with van der Waals surface area (Å²) in [6, 6.07) is 4.80. The Morgan fingerprint density at radius 2 is 2.04 bits per heavy atom. The van der Waals surface area contributed by atoms with E-state index in [0.29, 0.717) is 42.4 Å². The number of benzene rings is 1. The van der Waals surface area contributed by atoms with Crippen LogP contribution in [0, 0.1) is 5.41 Å². The zero-order valence-corrected chi connectivity index (χ0v) is 14.6. The monoisotopic (exact) mass is 355 g/mol. The molecule has 1 heterocycles. The van der Waals surface area contributed by atoms with Gasteiger partial charge in [-0.15, -0.1) is 0 Å². The maximum absolute atomic E-state index is 12.5. The maximum Gasteiger partial charge on any atom is 0.311 e. The summed E-state index contributed by atoms with van der Waals surface area (Å²) in [4.78, 5) is 24.2. The van der Waals surface area contributed by atoms with Gasteiger partial charge in [-0.2, -0.15) is 0 Å². The Morgan fingerprint density at radius 3 is 2.62 bits per heavy atom. The molecule has 1 aliphatic rings. The number of carbonyl (C=O) groups is 2. The normalized spacial score (nSPS) is 16.7. The molecule has 0 aromatic heterocycles. The number of amides is 1. The van der Waals surface area contributed by atoms with Crippen LogP contribution in [0.25, 0.3) is 0 Å². The van der Waals surface area contributed by atoms with Crippen LogP contribution in [-0.4, -0.2) is 42.8 Å². The molecule has 1 aliphatic heterocycles. The first kappa shape index (κ1) is 18.5. The summed E-state index contributed by atoms with van der Waals surface area (Å²) in [5.41, 5.74) is -0.699. The number of ether oxygens (including phenoxy) is 2. The van der Waals surface area contributed by atoms with E-state index in [0.717, 1.165) is 0 Å². The summed E-state index contributed by atoms with van der Waals surface area (Å²) >= 11 is 5.98. The van der Waals surface area contributed by atoms with Crippen LogP contribution in [0.1, 0.15) is 37.0 Å². The predicted molar refractivity (Wildman–Crippen MR) is 89.7 cm³/mol. The molecule has 0 aliphatic carbocycles. The number of nitrogens with one attached hydrogen (secondary N) is 1. The van der Waals surface area contributed by atoms with Gasteiger partial charge in [-0.1, -0.05) is 11.6 Å². The second-order valence-corrected chi connectivity index (χ2v) is 6.62. The summed E-state index contributed by atoms with van der Waals surface area (Å²) in [6.07, 6.45) is 0.639. The minimum Gasteiger partial charge on any atom is -0.490 e. The van der Waals surface area contributed by atoms with Crippen molar-refractivity contribution in [1.29, 1.82) is 0 Å². The third-order valence-corrected chi connectivity index (χ3v) is 4.27. The van der Waals surface area contributed by atoms with Crippen molar-refractivity contribution in [3.8, 4) is 5.75 Å². The first-order valence-corrected chi connectivity index (χ1v) is 8.27. The van der Waals surface area contributed by atoms with Crippen molar-refractivity contribution in [2.75, 3.05) is 19.8 Å². The van der Waals surface area contributed by atoms with Crippen molar-refractivity contribution in [3.63, 3.8) is 0 Å². The molecule has 7 heteroatoms. The van der Waals surface area contributed by atoms with Gasteiger partial charge in [0.25, 0.3) is 5.91 Å². The highest BCUT2D eigenvalue weighted by Crippen LogP contribution is 2.31. The molecule has 0 saturated carbocycles. The first-order chi connectivity index (χ1) is 11.3. The van der Waals surface area contributed by atoms with E-state index >= 15 is 0 Å². The van der Waals surface area contributed by atoms with Crippen molar-refractivity contribution in [1.82, 2.24) is 5.32 Å². The molecule has 0 atom stereocenters. The molecule has 1 fully saturated rings. The van der Waals surface area contributed by atoms with Gasteiger partial charge >= 0.3 is 5.97 Å². The molecule has 1 saturated heterocycles. The van der Waals surface area contributed by atoms with E-state index in [1.54, 1.807) is 12.1 Å². The Balaban J connectivity index is 2.14. The molecule has 0 unspecified atom stereocenters. The van der Waals surface area contributed by atoms with Crippen molar-refractivity contribution < 1.29 is 24.2 Å². The standard InChI is InChI=1S/C17H22ClNO5/c1-11(2)24-14-4-3-12(18)9-13(14)15(20)19-10-17(16(21)22)5-7-23-8-6-17/h3-4,9,11H,5-8,10H2,1-2H3,(H,19,20)(H,21,22). The number of carboxylic acid groups (broad SMARTS) is 1.